The van der Waals surface area contributed by atoms with E-state index in [-0.39, 0.29) is 12.1 Å². The summed E-state index contributed by atoms with van der Waals surface area (Å²) in [5, 5.41) is 0. The lowest BCUT2D eigenvalue weighted by atomic mass is 9.95. The van der Waals surface area contributed by atoms with E-state index in [1.165, 1.54) is 5.56 Å². The highest BCUT2D eigenvalue weighted by Gasteiger charge is 2.20. The Morgan fingerprint density at radius 1 is 1.25 bits per heavy atom. The maximum Gasteiger partial charge on any atom is 0.0748 e. The molecule has 3 heteroatoms. The minimum absolute atomic E-state index is 0.0474. The number of hydrogen-bond donors (Lipinski definition) is 1. The van der Waals surface area contributed by atoms with E-state index in [1.54, 1.807) is 7.11 Å². The van der Waals surface area contributed by atoms with Crippen LogP contribution in [-0.4, -0.2) is 19.3 Å². The third kappa shape index (κ3) is 3.89. The average Bonchev–Trinajstić information content (AvgIpc) is 2.22. The normalized spacial score (nSPS) is 15.1. The summed E-state index contributed by atoms with van der Waals surface area (Å²) in [6, 6.07) is 8.32. The third-order valence-electron chi connectivity index (χ3n) is 2.74. The number of methoxy groups -OCH3 is 1. The van der Waals surface area contributed by atoms with E-state index in [0.29, 0.717) is 5.92 Å². The maximum absolute atomic E-state index is 6.16. The summed E-state index contributed by atoms with van der Waals surface area (Å²) in [6.07, 6.45) is 0.966. The lowest BCUT2D eigenvalue weighted by Crippen LogP contribution is -2.41. The van der Waals surface area contributed by atoms with Gasteiger partial charge in [0.1, 0.15) is 0 Å². The Hall–Kier alpha value is -0.380. The molecule has 0 saturated heterocycles. The second-order valence-corrected chi connectivity index (χ2v) is 5.35. The molecule has 0 fully saturated rings. The first-order chi connectivity index (χ1) is 7.54. The summed E-state index contributed by atoms with van der Waals surface area (Å²) in [7, 11) is 1.73. The van der Waals surface area contributed by atoms with Crippen LogP contribution in [0, 0.1) is 5.92 Å². The van der Waals surface area contributed by atoms with Gasteiger partial charge in [-0.25, -0.2) is 0 Å². The van der Waals surface area contributed by atoms with E-state index in [4.69, 9.17) is 10.5 Å². The van der Waals surface area contributed by atoms with E-state index in [0.717, 1.165) is 10.9 Å². The molecule has 0 aromatic heterocycles. The smallest absolute Gasteiger partial charge is 0.0748 e. The van der Waals surface area contributed by atoms with Gasteiger partial charge in [0.05, 0.1) is 6.10 Å². The molecule has 0 aliphatic rings. The van der Waals surface area contributed by atoms with Gasteiger partial charge in [0, 0.05) is 17.6 Å². The van der Waals surface area contributed by atoms with Crippen LogP contribution in [0.25, 0.3) is 0 Å². The van der Waals surface area contributed by atoms with Gasteiger partial charge in [0.25, 0.3) is 0 Å². The molecular formula is C13H20BrNO. The lowest BCUT2D eigenvalue weighted by molar-refractivity contribution is 0.0441. The van der Waals surface area contributed by atoms with Crippen molar-refractivity contribution in [3.8, 4) is 0 Å². The largest absolute Gasteiger partial charge is 0.380 e. The highest BCUT2D eigenvalue weighted by molar-refractivity contribution is 9.10. The van der Waals surface area contributed by atoms with Crippen LogP contribution < -0.4 is 5.73 Å². The van der Waals surface area contributed by atoms with Crippen LogP contribution in [0.3, 0.4) is 0 Å². The zero-order chi connectivity index (χ0) is 12.1. The Morgan fingerprint density at radius 3 is 2.25 bits per heavy atom. The number of rotatable bonds is 5. The number of benzene rings is 1. The molecular weight excluding hydrogens is 266 g/mol. The van der Waals surface area contributed by atoms with Crippen molar-refractivity contribution < 1.29 is 4.74 Å². The van der Waals surface area contributed by atoms with Gasteiger partial charge in [0.2, 0.25) is 0 Å². The molecule has 2 atom stereocenters. The number of ether oxygens (including phenoxy) is 1. The second-order valence-electron chi connectivity index (χ2n) is 4.44. The molecule has 90 valence electrons. The van der Waals surface area contributed by atoms with E-state index in [9.17, 15) is 0 Å². The summed E-state index contributed by atoms with van der Waals surface area (Å²) >= 11 is 3.42. The van der Waals surface area contributed by atoms with Crippen LogP contribution in [0.1, 0.15) is 19.4 Å². The molecule has 0 saturated carbocycles. The predicted molar refractivity (Wildman–Crippen MR) is 71.5 cm³/mol. The van der Waals surface area contributed by atoms with E-state index in [1.807, 2.05) is 12.1 Å². The van der Waals surface area contributed by atoms with Crippen molar-refractivity contribution in [2.24, 2.45) is 11.7 Å². The minimum atomic E-state index is 0.0474. The molecule has 2 N–H and O–H groups in total. The van der Waals surface area contributed by atoms with Crippen molar-refractivity contribution in [3.05, 3.63) is 34.3 Å². The van der Waals surface area contributed by atoms with Crippen molar-refractivity contribution >= 4 is 15.9 Å². The highest BCUT2D eigenvalue weighted by atomic mass is 79.9. The Balaban J connectivity index is 2.62. The van der Waals surface area contributed by atoms with Crippen molar-refractivity contribution in [1.29, 1.82) is 0 Å². The maximum atomic E-state index is 6.16. The summed E-state index contributed by atoms with van der Waals surface area (Å²) in [5.41, 5.74) is 7.41. The van der Waals surface area contributed by atoms with Crippen molar-refractivity contribution in [2.45, 2.75) is 32.4 Å². The van der Waals surface area contributed by atoms with Crippen LogP contribution >= 0.6 is 15.9 Å². The number of nitrogens with two attached hydrogens (primary N) is 1. The highest BCUT2D eigenvalue weighted by Crippen LogP contribution is 2.15. The van der Waals surface area contributed by atoms with Gasteiger partial charge in [-0.1, -0.05) is 41.9 Å². The van der Waals surface area contributed by atoms with Crippen molar-refractivity contribution in [2.75, 3.05) is 7.11 Å². The van der Waals surface area contributed by atoms with E-state index < -0.39 is 0 Å². The van der Waals surface area contributed by atoms with Crippen LogP contribution in [0.15, 0.2) is 28.7 Å². The zero-order valence-corrected chi connectivity index (χ0v) is 11.7. The fourth-order valence-corrected chi connectivity index (χ4v) is 2.21. The molecule has 0 radical (unpaired) electrons. The van der Waals surface area contributed by atoms with Gasteiger partial charge in [-0.15, -0.1) is 0 Å². The van der Waals surface area contributed by atoms with Crippen LogP contribution in [0.4, 0.5) is 0 Å². The fraction of sp³-hybridized carbons (Fsp3) is 0.538. The first kappa shape index (κ1) is 13.7. The predicted octanol–water partition coefficient (Wildman–Crippen LogP) is 2.99. The Labute approximate surface area is 106 Å². The topological polar surface area (TPSA) is 35.2 Å². The molecule has 16 heavy (non-hydrogen) atoms. The van der Waals surface area contributed by atoms with Crippen LogP contribution in [0.5, 0.6) is 0 Å². The van der Waals surface area contributed by atoms with E-state index in [2.05, 4.69) is 41.9 Å². The molecule has 1 rings (SSSR count). The van der Waals surface area contributed by atoms with Crippen molar-refractivity contribution in [3.63, 3.8) is 0 Å². The van der Waals surface area contributed by atoms with Crippen molar-refractivity contribution in [1.82, 2.24) is 0 Å². The van der Waals surface area contributed by atoms with Gasteiger partial charge >= 0.3 is 0 Å². The minimum Gasteiger partial charge on any atom is -0.380 e. The van der Waals surface area contributed by atoms with Gasteiger partial charge in [-0.05, 0) is 30.0 Å². The fourth-order valence-electron chi connectivity index (χ4n) is 1.95. The third-order valence-corrected chi connectivity index (χ3v) is 3.26. The first-order valence-electron chi connectivity index (χ1n) is 5.57. The molecule has 0 spiro atoms. The molecule has 0 aliphatic carbocycles. The Kier molecular flexibility index (Phi) is 5.46. The monoisotopic (exact) mass is 285 g/mol. The zero-order valence-electron chi connectivity index (χ0n) is 10.1. The SMILES string of the molecule is COC(C(C)C)C(N)Cc1ccc(Br)cc1. The van der Waals surface area contributed by atoms with Gasteiger partial charge in [0.15, 0.2) is 0 Å². The Bertz CT molecular complexity index is 310. The molecule has 1 aromatic rings. The molecule has 0 aliphatic heterocycles. The molecule has 2 nitrogen and oxygen atoms in total. The number of halogens is 1. The molecule has 0 amide bonds. The summed E-state index contributed by atoms with van der Waals surface area (Å²) < 4.78 is 6.53. The summed E-state index contributed by atoms with van der Waals surface area (Å²) in [5.74, 6) is 0.440. The lowest BCUT2D eigenvalue weighted by Gasteiger charge is -2.26. The molecule has 0 heterocycles. The molecule has 1 aromatic carbocycles. The number of hydrogen-bond acceptors (Lipinski definition) is 2. The van der Waals surface area contributed by atoms with Gasteiger partial charge in [-0.2, -0.15) is 0 Å². The summed E-state index contributed by atoms with van der Waals surface area (Å²) in [6.45, 7) is 4.27. The Morgan fingerprint density at radius 2 is 1.81 bits per heavy atom. The standard InChI is InChI=1S/C13H20BrNO/c1-9(2)13(16-3)12(15)8-10-4-6-11(14)7-5-10/h4-7,9,12-13H,8,15H2,1-3H3. The summed E-state index contributed by atoms with van der Waals surface area (Å²) in [4.78, 5) is 0. The van der Waals surface area contributed by atoms with Crippen LogP contribution in [-0.2, 0) is 11.2 Å². The quantitative estimate of drug-likeness (QED) is 0.903. The second kappa shape index (κ2) is 6.38. The molecule has 2 unspecified atom stereocenters. The average molecular weight is 286 g/mol. The molecule has 0 bridgehead atoms. The first-order valence-corrected chi connectivity index (χ1v) is 6.36. The van der Waals surface area contributed by atoms with E-state index >= 15 is 0 Å². The van der Waals surface area contributed by atoms with Crippen LogP contribution in [0.2, 0.25) is 0 Å². The van der Waals surface area contributed by atoms with Gasteiger partial charge < -0.3 is 10.5 Å². The van der Waals surface area contributed by atoms with Gasteiger partial charge in [-0.3, -0.25) is 0 Å².